The van der Waals surface area contributed by atoms with Gasteiger partial charge in [0.2, 0.25) is 0 Å². The lowest BCUT2D eigenvalue weighted by atomic mass is 9.91. The summed E-state index contributed by atoms with van der Waals surface area (Å²) in [4.78, 5) is 10.6. The monoisotopic (exact) mass is 168 g/mol. The van der Waals surface area contributed by atoms with Crippen molar-refractivity contribution in [3.05, 3.63) is 0 Å². The standard InChI is InChI=1S/C8H12N2O2/c1-8-3-2-4-11-10(8)12-7(5-8)6-9/h7H,2-5H2,1H3/t7-,8+/m1/s1. The van der Waals surface area contributed by atoms with Gasteiger partial charge in [0.15, 0.2) is 6.10 Å². The Bertz CT molecular complexity index is 226. The molecule has 66 valence electrons. The van der Waals surface area contributed by atoms with Crippen molar-refractivity contribution in [2.45, 2.75) is 37.8 Å². The van der Waals surface area contributed by atoms with E-state index in [4.69, 9.17) is 14.9 Å². The van der Waals surface area contributed by atoms with E-state index in [1.54, 1.807) is 0 Å². The molecule has 12 heavy (non-hydrogen) atoms. The topological polar surface area (TPSA) is 45.5 Å². The largest absolute Gasteiger partial charge is 0.274 e. The Morgan fingerprint density at radius 2 is 2.50 bits per heavy atom. The molecule has 2 aliphatic heterocycles. The predicted octanol–water partition coefficient (Wildman–Crippen LogP) is 1.000. The van der Waals surface area contributed by atoms with E-state index < -0.39 is 0 Å². The first-order valence-corrected chi connectivity index (χ1v) is 4.24. The van der Waals surface area contributed by atoms with Crippen LogP contribution in [0.3, 0.4) is 0 Å². The minimum atomic E-state index is -0.326. The van der Waals surface area contributed by atoms with Gasteiger partial charge in [0, 0.05) is 6.42 Å². The van der Waals surface area contributed by atoms with E-state index in [1.807, 2.05) is 0 Å². The van der Waals surface area contributed by atoms with E-state index in [-0.39, 0.29) is 11.6 Å². The molecule has 0 bridgehead atoms. The lowest BCUT2D eigenvalue weighted by molar-refractivity contribution is -0.397. The van der Waals surface area contributed by atoms with Crippen LogP contribution in [0.5, 0.6) is 0 Å². The van der Waals surface area contributed by atoms with Crippen molar-refractivity contribution in [1.29, 1.82) is 5.26 Å². The molecule has 0 unspecified atom stereocenters. The number of nitriles is 1. The molecular weight excluding hydrogens is 156 g/mol. The number of rotatable bonds is 0. The van der Waals surface area contributed by atoms with Crippen LogP contribution >= 0.6 is 0 Å². The van der Waals surface area contributed by atoms with Gasteiger partial charge in [-0.2, -0.15) is 5.26 Å². The van der Waals surface area contributed by atoms with E-state index in [0.717, 1.165) is 19.3 Å². The maximum Gasteiger partial charge on any atom is 0.170 e. The Morgan fingerprint density at radius 3 is 3.17 bits per heavy atom. The van der Waals surface area contributed by atoms with E-state index in [2.05, 4.69) is 13.0 Å². The second kappa shape index (κ2) is 2.70. The summed E-state index contributed by atoms with van der Waals surface area (Å²) in [6, 6.07) is 2.10. The molecule has 0 aromatic carbocycles. The first-order valence-electron chi connectivity index (χ1n) is 4.24. The molecular formula is C8H12N2O2. The molecule has 0 spiro atoms. The Hall–Kier alpha value is -0.630. The summed E-state index contributed by atoms with van der Waals surface area (Å²) in [7, 11) is 0. The Kier molecular flexibility index (Phi) is 1.80. The van der Waals surface area contributed by atoms with Gasteiger partial charge < -0.3 is 0 Å². The Balaban J connectivity index is 2.12. The molecule has 0 radical (unpaired) electrons. The molecule has 2 rings (SSSR count). The van der Waals surface area contributed by atoms with Gasteiger partial charge in [0.05, 0.1) is 18.2 Å². The highest BCUT2D eigenvalue weighted by Gasteiger charge is 2.46. The van der Waals surface area contributed by atoms with E-state index in [1.165, 1.54) is 5.23 Å². The number of nitrogens with zero attached hydrogens (tertiary/aromatic N) is 2. The molecule has 2 aliphatic rings. The Morgan fingerprint density at radius 1 is 1.67 bits per heavy atom. The summed E-state index contributed by atoms with van der Waals surface area (Å²) < 4.78 is 0. The van der Waals surface area contributed by atoms with E-state index >= 15 is 0 Å². The van der Waals surface area contributed by atoms with Gasteiger partial charge in [-0.15, -0.1) is 0 Å². The minimum Gasteiger partial charge on any atom is -0.274 e. The van der Waals surface area contributed by atoms with Crippen LogP contribution in [0, 0.1) is 11.3 Å². The molecule has 4 heteroatoms. The summed E-state index contributed by atoms with van der Waals surface area (Å²) in [6.45, 7) is 2.78. The van der Waals surface area contributed by atoms with Crippen LogP contribution in [0.1, 0.15) is 26.2 Å². The molecule has 0 aliphatic carbocycles. The summed E-state index contributed by atoms with van der Waals surface area (Å²) in [6.07, 6.45) is 2.52. The molecule has 0 saturated carbocycles. The number of hydrogen-bond donors (Lipinski definition) is 0. The normalized spacial score (nSPS) is 42.2. The summed E-state index contributed by atoms with van der Waals surface area (Å²) in [5.41, 5.74) is -0.0708. The fourth-order valence-corrected chi connectivity index (χ4v) is 1.80. The van der Waals surface area contributed by atoms with Crippen LogP contribution in [0.15, 0.2) is 0 Å². The van der Waals surface area contributed by atoms with E-state index in [0.29, 0.717) is 6.61 Å². The average Bonchev–Trinajstić information content (AvgIpc) is 2.41. The number of fused-ring (bicyclic) bond motifs is 1. The first kappa shape index (κ1) is 7.99. The molecule has 0 aromatic heterocycles. The van der Waals surface area contributed by atoms with Crippen molar-refractivity contribution in [3.8, 4) is 6.07 Å². The predicted molar refractivity (Wildman–Crippen MR) is 40.5 cm³/mol. The van der Waals surface area contributed by atoms with Gasteiger partial charge in [-0.25, -0.2) is 0 Å². The highest BCUT2D eigenvalue weighted by Crippen LogP contribution is 2.37. The van der Waals surface area contributed by atoms with Crippen molar-refractivity contribution in [1.82, 2.24) is 5.23 Å². The lowest BCUT2D eigenvalue weighted by Gasteiger charge is -2.35. The van der Waals surface area contributed by atoms with Crippen LogP contribution in [-0.2, 0) is 9.68 Å². The molecule has 2 saturated heterocycles. The Labute approximate surface area is 71.6 Å². The fourth-order valence-electron chi connectivity index (χ4n) is 1.80. The molecule has 2 fully saturated rings. The summed E-state index contributed by atoms with van der Waals surface area (Å²) in [5.74, 6) is 0. The number of hydrogen-bond acceptors (Lipinski definition) is 4. The van der Waals surface area contributed by atoms with Crippen LogP contribution in [0.25, 0.3) is 0 Å². The summed E-state index contributed by atoms with van der Waals surface area (Å²) in [5, 5.41) is 10.2. The van der Waals surface area contributed by atoms with Crippen molar-refractivity contribution in [2.75, 3.05) is 6.61 Å². The van der Waals surface area contributed by atoms with Crippen LogP contribution in [0.4, 0.5) is 0 Å². The van der Waals surface area contributed by atoms with Crippen molar-refractivity contribution >= 4 is 0 Å². The summed E-state index contributed by atoms with van der Waals surface area (Å²) >= 11 is 0. The van der Waals surface area contributed by atoms with Crippen molar-refractivity contribution in [2.24, 2.45) is 0 Å². The zero-order valence-electron chi connectivity index (χ0n) is 7.12. The van der Waals surface area contributed by atoms with Gasteiger partial charge in [-0.1, -0.05) is 5.23 Å². The zero-order valence-corrected chi connectivity index (χ0v) is 7.12. The maximum atomic E-state index is 8.67. The second-order valence-electron chi connectivity index (χ2n) is 3.62. The maximum absolute atomic E-state index is 8.67. The molecule has 0 aromatic rings. The SMILES string of the molecule is C[C@@]12CCCON1O[C@@H](C#N)C2. The van der Waals surface area contributed by atoms with Gasteiger partial charge in [-0.3, -0.25) is 9.68 Å². The van der Waals surface area contributed by atoms with Crippen LogP contribution in [-0.4, -0.2) is 23.5 Å². The van der Waals surface area contributed by atoms with E-state index in [9.17, 15) is 0 Å². The molecule has 0 N–H and O–H groups in total. The lowest BCUT2D eigenvalue weighted by Crippen LogP contribution is -2.43. The molecule has 2 heterocycles. The number of hydroxylamine groups is 2. The zero-order chi connectivity index (χ0) is 8.60. The van der Waals surface area contributed by atoms with Crippen molar-refractivity contribution in [3.63, 3.8) is 0 Å². The van der Waals surface area contributed by atoms with Gasteiger partial charge in [0.25, 0.3) is 0 Å². The molecule has 2 atom stereocenters. The minimum absolute atomic E-state index is 0.0708. The molecule has 4 nitrogen and oxygen atoms in total. The first-order chi connectivity index (χ1) is 5.74. The third-order valence-electron chi connectivity index (χ3n) is 2.50. The smallest absolute Gasteiger partial charge is 0.170 e. The van der Waals surface area contributed by atoms with Gasteiger partial charge in [0.1, 0.15) is 0 Å². The fraction of sp³-hybridized carbons (Fsp3) is 0.875. The third-order valence-corrected chi connectivity index (χ3v) is 2.50. The highest BCUT2D eigenvalue weighted by atomic mass is 17.0. The average molecular weight is 168 g/mol. The second-order valence-corrected chi connectivity index (χ2v) is 3.62. The van der Waals surface area contributed by atoms with Crippen molar-refractivity contribution < 1.29 is 9.68 Å². The highest BCUT2D eigenvalue weighted by molar-refractivity contribution is 4.97. The van der Waals surface area contributed by atoms with Gasteiger partial charge in [-0.05, 0) is 19.8 Å². The third kappa shape index (κ3) is 1.11. The van der Waals surface area contributed by atoms with Gasteiger partial charge >= 0.3 is 0 Å². The van der Waals surface area contributed by atoms with Crippen LogP contribution in [0.2, 0.25) is 0 Å². The quantitative estimate of drug-likeness (QED) is 0.541. The molecule has 0 amide bonds. The van der Waals surface area contributed by atoms with Crippen LogP contribution < -0.4 is 0 Å².